The van der Waals surface area contributed by atoms with E-state index in [1.807, 2.05) is 20.9 Å². The summed E-state index contributed by atoms with van der Waals surface area (Å²) in [5, 5.41) is 0. The SMILES string of the molecule is CC(C)C(N)C(=O)N(C)C1CC1. The fourth-order valence-electron chi connectivity index (χ4n) is 1.16. The fraction of sp³-hybridized carbons (Fsp3) is 0.889. The molecule has 70 valence electrons. The van der Waals surface area contributed by atoms with Gasteiger partial charge in [-0.3, -0.25) is 4.79 Å². The van der Waals surface area contributed by atoms with E-state index in [9.17, 15) is 4.79 Å². The highest BCUT2D eigenvalue weighted by atomic mass is 16.2. The van der Waals surface area contributed by atoms with Gasteiger partial charge in [0.1, 0.15) is 0 Å². The van der Waals surface area contributed by atoms with Crippen molar-refractivity contribution in [2.75, 3.05) is 7.05 Å². The summed E-state index contributed by atoms with van der Waals surface area (Å²) >= 11 is 0. The summed E-state index contributed by atoms with van der Waals surface area (Å²) < 4.78 is 0. The van der Waals surface area contributed by atoms with E-state index >= 15 is 0 Å². The summed E-state index contributed by atoms with van der Waals surface area (Å²) in [6, 6.07) is 0.151. The van der Waals surface area contributed by atoms with Crippen LogP contribution in [0.5, 0.6) is 0 Å². The Morgan fingerprint density at radius 1 is 1.50 bits per heavy atom. The lowest BCUT2D eigenvalue weighted by Gasteiger charge is -2.22. The molecule has 1 atom stereocenters. The molecule has 0 bridgehead atoms. The summed E-state index contributed by atoms with van der Waals surface area (Å²) in [6.07, 6.45) is 2.29. The molecule has 0 aromatic rings. The summed E-state index contributed by atoms with van der Waals surface area (Å²) in [5.74, 6) is 0.325. The third kappa shape index (κ3) is 1.97. The Hall–Kier alpha value is -0.570. The third-order valence-corrected chi connectivity index (χ3v) is 2.45. The molecule has 0 spiro atoms. The number of rotatable bonds is 3. The van der Waals surface area contributed by atoms with Gasteiger partial charge >= 0.3 is 0 Å². The predicted molar refractivity (Wildman–Crippen MR) is 48.6 cm³/mol. The standard InChI is InChI=1S/C9H18N2O/c1-6(2)8(10)9(12)11(3)7-4-5-7/h6-8H,4-5,10H2,1-3H3. The lowest BCUT2D eigenvalue weighted by Crippen LogP contribution is -2.45. The van der Waals surface area contributed by atoms with Crippen molar-refractivity contribution < 1.29 is 4.79 Å². The summed E-state index contributed by atoms with van der Waals surface area (Å²) in [4.78, 5) is 13.4. The molecular formula is C9H18N2O. The maximum atomic E-state index is 11.6. The minimum atomic E-state index is -0.324. The molecule has 1 unspecified atom stereocenters. The molecule has 3 heteroatoms. The molecule has 0 aromatic carbocycles. The highest BCUT2D eigenvalue weighted by molar-refractivity contribution is 5.82. The highest BCUT2D eigenvalue weighted by Gasteiger charge is 2.32. The zero-order valence-electron chi connectivity index (χ0n) is 8.08. The molecule has 1 saturated carbocycles. The Balaban J connectivity index is 2.44. The third-order valence-electron chi connectivity index (χ3n) is 2.45. The average Bonchev–Trinajstić information content (AvgIpc) is 2.82. The lowest BCUT2D eigenvalue weighted by atomic mass is 10.0. The molecule has 0 aromatic heterocycles. The van der Waals surface area contributed by atoms with Crippen molar-refractivity contribution in [1.82, 2.24) is 4.90 Å². The van der Waals surface area contributed by atoms with Crippen LogP contribution in [-0.4, -0.2) is 29.9 Å². The van der Waals surface area contributed by atoms with Crippen LogP contribution in [-0.2, 0) is 4.79 Å². The van der Waals surface area contributed by atoms with Gasteiger partial charge in [-0.1, -0.05) is 13.8 Å². The van der Waals surface area contributed by atoms with E-state index in [-0.39, 0.29) is 17.9 Å². The topological polar surface area (TPSA) is 46.3 Å². The Morgan fingerprint density at radius 2 is 2.00 bits per heavy atom. The first-order valence-corrected chi connectivity index (χ1v) is 4.56. The molecule has 1 rings (SSSR count). The van der Waals surface area contributed by atoms with Crippen molar-refractivity contribution in [3.05, 3.63) is 0 Å². The lowest BCUT2D eigenvalue weighted by molar-refractivity contribution is -0.132. The minimum absolute atomic E-state index is 0.0903. The number of nitrogens with zero attached hydrogens (tertiary/aromatic N) is 1. The molecule has 1 amide bonds. The van der Waals surface area contributed by atoms with E-state index in [0.717, 1.165) is 12.8 Å². The average molecular weight is 170 g/mol. The second-order valence-electron chi connectivity index (χ2n) is 3.95. The van der Waals surface area contributed by atoms with Gasteiger partial charge < -0.3 is 10.6 Å². The van der Waals surface area contributed by atoms with Gasteiger partial charge in [-0.2, -0.15) is 0 Å². The Labute approximate surface area is 73.9 Å². The molecule has 0 radical (unpaired) electrons. The van der Waals surface area contributed by atoms with E-state index in [2.05, 4.69) is 0 Å². The van der Waals surface area contributed by atoms with Crippen molar-refractivity contribution in [1.29, 1.82) is 0 Å². The van der Waals surface area contributed by atoms with E-state index < -0.39 is 0 Å². The zero-order valence-corrected chi connectivity index (χ0v) is 8.08. The molecule has 1 aliphatic rings. The number of amides is 1. The second-order valence-corrected chi connectivity index (χ2v) is 3.95. The van der Waals surface area contributed by atoms with Crippen molar-refractivity contribution in [2.45, 2.75) is 38.8 Å². The van der Waals surface area contributed by atoms with Crippen molar-refractivity contribution in [3.8, 4) is 0 Å². The number of hydrogen-bond acceptors (Lipinski definition) is 2. The first-order chi connectivity index (χ1) is 5.54. The minimum Gasteiger partial charge on any atom is -0.341 e. The number of carbonyl (C=O) groups excluding carboxylic acids is 1. The van der Waals surface area contributed by atoms with Gasteiger partial charge in [-0.25, -0.2) is 0 Å². The van der Waals surface area contributed by atoms with Crippen molar-refractivity contribution >= 4 is 5.91 Å². The number of hydrogen-bond donors (Lipinski definition) is 1. The van der Waals surface area contributed by atoms with Gasteiger partial charge in [0.05, 0.1) is 6.04 Å². The van der Waals surface area contributed by atoms with Gasteiger partial charge in [-0.15, -0.1) is 0 Å². The van der Waals surface area contributed by atoms with Gasteiger partial charge in [0.2, 0.25) is 5.91 Å². The van der Waals surface area contributed by atoms with E-state index in [1.54, 1.807) is 4.90 Å². The molecule has 3 nitrogen and oxygen atoms in total. The van der Waals surface area contributed by atoms with Crippen LogP contribution >= 0.6 is 0 Å². The quantitative estimate of drug-likeness (QED) is 0.674. The Morgan fingerprint density at radius 3 is 2.33 bits per heavy atom. The van der Waals surface area contributed by atoms with E-state index in [4.69, 9.17) is 5.73 Å². The normalized spacial score (nSPS) is 19.4. The second kappa shape index (κ2) is 3.44. The van der Waals surface area contributed by atoms with Gasteiger partial charge in [0.25, 0.3) is 0 Å². The highest BCUT2D eigenvalue weighted by Crippen LogP contribution is 2.26. The summed E-state index contributed by atoms with van der Waals surface area (Å²) in [7, 11) is 1.85. The van der Waals surface area contributed by atoms with Crippen LogP contribution in [0.15, 0.2) is 0 Å². The smallest absolute Gasteiger partial charge is 0.239 e. The fourth-order valence-corrected chi connectivity index (χ4v) is 1.16. The van der Waals surface area contributed by atoms with Crippen LogP contribution in [0.3, 0.4) is 0 Å². The largest absolute Gasteiger partial charge is 0.341 e. The zero-order chi connectivity index (χ0) is 9.30. The van der Waals surface area contributed by atoms with Crippen molar-refractivity contribution in [3.63, 3.8) is 0 Å². The maximum absolute atomic E-state index is 11.6. The number of nitrogens with two attached hydrogens (primary N) is 1. The van der Waals surface area contributed by atoms with Crippen molar-refractivity contribution in [2.24, 2.45) is 11.7 Å². The van der Waals surface area contributed by atoms with Gasteiger partial charge in [0.15, 0.2) is 0 Å². The predicted octanol–water partition coefficient (Wildman–Crippen LogP) is 0.590. The van der Waals surface area contributed by atoms with Crippen LogP contribution in [0, 0.1) is 5.92 Å². The molecule has 12 heavy (non-hydrogen) atoms. The van der Waals surface area contributed by atoms with Crippen LogP contribution in [0.25, 0.3) is 0 Å². The Kier molecular flexibility index (Phi) is 2.73. The molecule has 0 aliphatic heterocycles. The van der Waals surface area contributed by atoms with Crippen LogP contribution in [0.4, 0.5) is 0 Å². The monoisotopic (exact) mass is 170 g/mol. The molecule has 1 aliphatic carbocycles. The number of carbonyl (C=O) groups is 1. The van der Waals surface area contributed by atoms with E-state index in [1.165, 1.54) is 0 Å². The van der Waals surface area contributed by atoms with Crippen LogP contribution in [0.1, 0.15) is 26.7 Å². The van der Waals surface area contributed by atoms with Gasteiger partial charge in [0, 0.05) is 13.1 Å². The Bertz CT molecular complexity index is 165. The first-order valence-electron chi connectivity index (χ1n) is 4.56. The molecule has 1 fully saturated rings. The summed E-state index contributed by atoms with van der Waals surface area (Å²) in [6.45, 7) is 3.95. The number of likely N-dealkylation sites (N-methyl/N-ethyl adjacent to an activating group) is 1. The van der Waals surface area contributed by atoms with Gasteiger partial charge in [-0.05, 0) is 18.8 Å². The molecule has 0 heterocycles. The molecular weight excluding hydrogens is 152 g/mol. The van der Waals surface area contributed by atoms with Crippen LogP contribution < -0.4 is 5.73 Å². The first kappa shape index (κ1) is 9.52. The van der Waals surface area contributed by atoms with E-state index in [0.29, 0.717) is 6.04 Å². The molecule has 0 saturated heterocycles. The van der Waals surface area contributed by atoms with Crippen LogP contribution in [0.2, 0.25) is 0 Å². The molecule has 2 N–H and O–H groups in total. The maximum Gasteiger partial charge on any atom is 0.239 e. The summed E-state index contributed by atoms with van der Waals surface area (Å²) in [5.41, 5.74) is 5.74.